The number of hydrogen-bond acceptors (Lipinski definition) is 2. The molecule has 0 aromatic heterocycles. The molecule has 2 nitrogen and oxygen atoms in total. The maximum absolute atomic E-state index is 5.66. The van der Waals surface area contributed by atoms with E-state index in [-0.39, 0.29) is 5.41 Å². The average molecular weight is 249 g/mol. The van der Waals surface area contributed by atoms with Crippen molar-refractivity contribution in [2.24, 2.45) is 0 Å². The molecular formula is C16H27NO. The minimum absolute atomic E-state index is 0.115. The average Bonchev–Trinajstić information content (AvgIpc) is 2.27. The Labute approximate surface area is 112 Å². The Hall–Kier alpha value is -1.02. The number of methoxy groups -OCH3 is 1. The maximum Gasteiger partial charge on any atom is 0.125 e. The van der Waals surface area contributed by atoms with Crippen molar-refractivity contribution in [1.29, 1.82) is 0 Å². The zero-order valence-corrected chi connectivity index (χ0v) is 12.7. The Bertz CT molecular complexity index is 391. The Morgan fingerprint density at radius 1 is 1.22 bits per heavy atom. The maximum atomic E-state index is 5.66. The van der Waals surface area contributed by atoms with Crippen molar-refractivity contribution in [2.45, 2.75) is 46.5 Å². The van der Waals surface area contributed by atoms with E-state index in [1.54, 1.807) is 7.11 Å². The zero-order chi connectivity index (χ0) is 13.8. The van der Waals surface area contributed by atoms with Crippen molar-refractivity contribution in [3.8, 4) is 5.75 Å². The third kappa shape index (κ3) is 3.74. The van der Waals surface area contributed by atoms with E-state index < -0.39 is 0 Å². The predicted octanol–water partition coefficient (Wildman–Crippen LogP) is 3.45. The van der Waals surface area contributed by atoms with Crippen molar-refractivity contribution in [2.75, 3.05) is 20.2 Å². The molecule has 0 fully saturated rings. The second-order valence-electron chi connectivity index (χ2n) is 5.86. The lowest BCUT2D eigenvalue weighted by molar-refractivity contribution is 0.392. The van der Waals surface area contributed by atoms with E-state index in [4.69, 9.17) is 4.74 Å². The van der Waals surface area contributed by atoms with Crippen LogP contribution in [0.2, 0.25) is 0 Å². The van der Waals surface area contributed by atoms with Gasteiger partial charge in [-0.2, -0.15) is 0 Å². The molecule has 2 heteroatoms. The first kappa shape index (κ1) is 15.0. The fourth-order valence-corrected chi connectivity index (χ4v) is 2.23. The van der Waals surface area contributed by atoms with Crippen molar-refractivity contribution in [3.05, 3.63) is 28.8 Å². The summed E-state index contributed by atoms with van der Waals surface area (Å²) in [6.07, 6.45) is 1.02. The molecule has 0 heterocycles. The highest BCUT2D eigenvalue weighted by atomic mass is 16.5. The summed E-state index contributed by atoms with van der Waals surface area (Å²) in [4.78, 5) is 0. The highest BCUT2D eigenvalue weighted by molar-refractivity contribution is 5.48. The first-order valence-electron chi connectivity index (χ1n) is 6.78. The lowest BCUT2D eigenvalue weighted by Crippen LogP contribution is -2.18. The first-order chi connectivity index (χ1) is 8.40. The Morgan fingerprint density at radius 2 is 1.89 bits per heavy atom. The highest BCUT2D eigenvalue weighted by Crippen LogP contribution is 2.35. The van der Waals surface area contributed by atoms with Crippen LogP contribution in [0.15, 0.2) is 12.1 Å². The molecule has 0 aliphatic heterocycles. The molecule has 0 spiro atoms. The number of aryl methyl sites for hydroxylation is 1. The van der Waals surface area contributed by atoms with Gasteiger partial charge in [0.25, 0.3) is 0 Å². The molecular weight excluding hydrogens is 222 g/mol. The largest absolute Gasteiger partial charge is 0.496 e. The van der Waals surface area contributed by atoms with Gasteiger partial charge >= 0.3 is 0 Å². The number of hydrogen-bond donors (Lipinski definition) is 1. The van der Waals surface area contributed by atoms with E-state index in [2.05, 4.69) is 52.1 Å². The van der Waals surface area contributed by atoms with Gasteiger partial charge in [-0.05, 0) is 37.4 Å². The number of ether oxygens (including phenoxy) is 1. The minimum atomic E-state index is 0.115. The molecule has 1 aromatic rings. The van der Waals surface area contributed by atoms with Gasteiger partial charge in [-0.25, -0.2) is 0 Å². The SMILES string of the molecule is CCNCCc1cc(C)cc(C(C)(C)C)c1OC. The topological polar surface area (TPSA) is 21.3 Å². The molecule has 0 radical (unpaired) electrons. The van der Waals surface area contributed by atoms with Gasteiger partial charge in [0.1, 0.15) is 5.75 Å². The van der Waals surface area contributed by atoms with E-state index in [1.165, 1.54) is 16.7 Å². The van der Waals surface area contributed by atoms with Crippen LogP contribution in [0.3, 0.4) is 0 Å². The van der Waals surface area contributed by atoms with Crippen LogP contribution in [-0.2, 0) is 11.8 Å². The summed E-state index contributed by atoms with van der Waals surface area (Å²) >= 11 is 0. The van der Waals surface area contributed by atoms with Crippen LogP contribution in [0.5, 0.6) is 5.75 Å². The molecule has 18 heavy (non-hydrogen) atoms. The van der Waals surface area contributed by atoms with Crippen LogP contribution in [0.4, 0.5) is 0 Å². The van der Waals surface area contributed by atoms with E-state index in [0.29, 0.717) is 0 Å². The normalized spacial score (nSPS) is 11.7. The number of likely N-dealkylation sites (N-methyl/N-ethyl adjacent to an activating group) is 1. The van der Waals surface area contributed by atoms with Crippen LogP contribution >= 0.6 is 0 Å². The smallest absolute Gasteiger partial charge is 0.125 e. The molecule has 1 N–H and O–H groups in total. The molecule has 0 aliphatic rings. The van der Waals surface area contributed by atoms with Crippen LogP contribution in [0.25, 0.3) is 0 Å². The fraction of sp³-hybridized carbons (Fsp3) is 0.625. The summed E-state index contributed by atoms with van der Waals surface area (Å²) in [6, 6.07) is 4.49. The summed E-state index contributed by atoms with van der Waals surface area (Å²) in [5.41, 5.74) is 4.04. The summed E-state index contributed by atoms with van der Waals surface area (Å²) in [5, 5.41) is 3.37. The molecule has 0 saturated heterocycles. The van der Waals surface area contributed by atoms with Crippen molar-refractivity contribution < 1.29 is 4.74 Å². The second kappa shape index (κ2) is 6.24. The van der Waals surface area contributed by atoms with E-state index in [1.807, 2.05) is 0 Å². The van der Waals surface area contributed by atoms with Crippen LogP contribution < -0.4 is 10.1 Å². The van der Waals surface area contributed by atoms with E-state index >= 15 is 0 Å². The molecule has 0 atom stereocenters. The second-order valence-corrected chi connectivity index (χ2v) is 5.86. The molecule has 0 bridgehead atoms. The summed E-state index contributed by atoms with van der Waals surface area (Å²) < 4.78 is 5.66. The zero-order valence-electron chi connectivity index (χ0n) is 12.7. The molecule has 102 valence electrons. The van der Waals surface area contributed by atoms with Crippen molar-refractivity contribution in [1.82, 2.24) is 5.32 Å². The first-order valence-corrected chi connectivity index (χ1v) is 6.78. The van der Waals surface area contributed by atoms with Crippen LogP contribution in [0.1, 0.15) is 44.4 Å². The van der Waals surface area contributed by atoms with Gasteiger partial charge in [-0.1, -0.05) is 45.4 Å². The fourth-order valence-electron chi connectivity index (χ4n) is 2.23. The van der Waals surface area contributed by atoms with Crippen molar-refractivity contribution >= 4 is 0 Å². The van der Waals surface area contributed by atoms with E-state index in [9.17, 15) is 0 Å². The van der Waals surface area contributed by atoms with Gasteiger partial charge < -0.3 is 10.1 Å². The molecule has 1 aromatic carbocycles. The lowest BCUT2D eigenvalue weighted by atomic mass is 9.83. The summed E-state index contributed by atoms with van der Waals surface area (Å²) in [6.45, 7) is 13.0. The predicted molar refractivity (Wildman–Crippen MR) is 78.7 cm³/mol. The third-order valence-corrected chi connectivity index (χ3v) is 3.14. The molecule has 0 saturated carbocycles. The van der Waals surface area contributed by atoms with Gasteiger partial charge in [0.2, 0.25) is 0 Å². The Kier molecular flexibility index (Phi) is 5.21. The molecule has 0 aliphatic carbocycles. The number of nitrogens with one attached hydrogen (secondary N) is 1. The van der Waals surface area contributed by atoms with Crippen LogP contribution in [0, 0.1) is 6.92 Å². The lowest BCUT2D eigenvalue weighted by Gasteiger charge is -2.25. The summed E-state index contributed by atoms with van der Waals surface area (Å²) in [5.74, 6) is 1.06. The molecule has 0 unspecified atom stereocenters. The standard InChI is InChI=1S/C16H27NO/c1-7-17-9-8-13-10-12(2)11-14(15(13)18-6)16(3,4)5/h10-11,17H,7-9H2,1-6H3. The van der Waals surface area contributed by atoms with Gasteiger partial charge in [-0.15, -0.1) is 0 Å². The van der Waals surface area contributed by atoms with Gasteiger partial charge in [-0.3, -0.25) is 0 Å². The van der Waals surface area contributed by atoms with Crippen molar-refractivity contribution in [3.63, 3.8) is 0 Å². The molecule has 1 rings (SSSR count). The van der Waals surface area contributed by atoms with E-state index in [0.717, 1.165) is 25.3 Å². The minimum Gasteiger partial charge on any atom is -0.496 e. The van der Waals surface area contributed by atoms with Gasteiger partial charge in [0.15, 0.2) is 0 Å². The monoisotopic (exact) mass is 249 g/mol. The van der Waals surface area contributed by atoms with Crippen LogP contribution in [-0.4, -0.2) is 20.2 Å². The summed E-state index contributed by atoms with van der Waals surface area (Å²) in [7, 11) is 1.77. The quantitative estimate of drug-likeness (QED) is 0.807. The highest BCUT2D eigenvalue weighted by Gasteiger charge is 2.21. The molecule has 0 amide bonds. The number of rotatable bonds is 5. The van der Waals surface area contributed by atoms with Gasteiger partial charge in [0.05, 0.1) is 7.11 Å². The Morgan fingerprint density at radius 3 is 2.39 bits per heavy atom. The van der Waals surface area contributed by atoms with Gasteiger partial charge in [0, 0.05) is 5.56 Å². The Balaban J connectivity index is 3.12. The third-order valence-electron chi connectivity index (χ3n) is 3.14. The number of benzene rings is 1.